The summed E-state index contributed by atoms with van der Waals surface area (Å²) in [6.07, 6.45) is 3.84. The standard InChI is InChI=1S/C20H21FN6O2/c1-11-15(9-24-26-11)16-10-23-19(22)20(25-16)29-12(2)14-8-13(21)5-6-17(14)27-7-3-4-18(27)28/h5-6,8-10,12H,3-4,7H2,1-2H3,(H2,22,23)(H,24,26). The highest BCUT2D eigenvalue weighted by Gasteiger charge is 2.27. The average molecular weight is 396 g/mol. The number of carbonyl (C=O) groups excluding carboxylic acids is 1. The molecular formula is C20H21FN6O2. The number of nitrogens with two attached hydrogens (primary N) is 1. The number of nitrogen functional groups attached to an aromatic ring is 1. The van der Waals surface area contributed by atoms with Crippen LogP contribution < -0.4 is 15.4 Å². The summed E-state index contributed by atoms with van der Waals surface area (Å²) >= 11 is 0. The summed E-state index contributed by atoms with van der Waals surface area (Å²) in [5.41, 5.74) is 9.32. The lowest BCUT2D eigenvalue weighted by Gasteiger charge is -2.24. The van der Waals surface area contributed by atoms with E-state index < -0.39 is 11.9 Å². The molecule has 29 heavy (non-hydrogen) atoms. The van der Waals surface area contributed by atoms with Gasteiger partial charge >= 0.3 is 0 Å². The first-order chi connectivity index (χ1) is 13.9. The van der Waals surface area contributed by atoms with Crippen molar-refractivity contribution in [3.05, 3.63) is 47.7 Å². The number of rotatable bonds is 5. The molecule has 3 N–H and O–H groups in total. The van der Waals surface area contributed by atoms with Crippen molar-refractivity contribution in [2.75, 3.05) is 17.2 Å². The van der Waals surface area contributed by atoms with Crippen LogP contribution in [-0.2, 0) is 4.79 Å². The third kappa shape index (κ3) is 3.63. The third-order valence-corrected chi connectivity index (χ3v) is 4.95. The normalized spacial score (nSPS) is 15.0. The van der Waals surface area contributed by atoms with E-state index in [1.54, 1.807) is 30.3 Å². The summed E-state index contributed by atoms with van der Waals surface area (Å²) < 4.78 is 19.9. The summed E-state index contributed by atoms with van der Waals surface area (Å²) in [6.45, 7) is 4.23. The van der Waals surface area contributed by atoms with Gasteiger partial charge in [-0.05, 0) is 38.5 Å². The molecule has 0 radical (unpaired) electrons. The van der Waals surface area contributed by atoms with Crippen molar-refractivity contribution in [3.63, 3.8) is 0 Å². The quantitative estimate of drug-likeness (QED) is 0.685. The maximum absolute atomic E-state index is 14.0. The molecule has 3 heterocycles. The van der Waals surface area contributed by atoms with Crippen LogP contribution in [0.4, 0.5) is 15.9 Å². The molecule has 1 atom stereocenters. The molecule has 2 aromatic heterocycles. The molecule has 0 spiro atoms. The molecule has 0 aliphatic carbocycles. The molecule has 1 fully saturated rings. The van der Waals surface area contributed by atoms with Gasteiger partial charge < -0.3 is 15.4 Å². The van der Waals surface area contributed by atoms with Gasteiger partial charge in [0.2, 0.25) is 5.91 Å². The van der Waals surface area contributed by atoms with Gasteiger partial charge in [-0.3, -0.25) is 9.89 Å². The van der Waals surface area contributed by atoms with Crippen molar-refractivity contribution in [3.8, 4) is 17.1 Å². The minimum Gasteiger partial charge on any atom is -0.467 e. The Balaban J connectivity index is 1.67. The topological polar surface area (TPSA) is 110 Å². The lowest BCUT2D eigenvalue weighted by molar-refractivity contribution is -0.117. The predicted molar refractivity (Wildman–Crippen MR) is 106 cm³/mol. The van der Waals surface area contributed by atoms with Crippen LogP contribution >= 0.6 is 0 Å². The Kier molecular flexibility index (Phi) is 4.87. The molecule has 1 aliphatic heterocycles. The maximum atomic E-state index is 14.0. The van der Waals surface area contributed by atoms with Crippen molar-refractivity contribution >= 4 is 17.4 Å². The monoisotopic (exact) mass is 396 g/mol. The van der Waals surface area contributed by atoms with E-state index >= 15 is 0 Å². The van der Waals surface area contributed by atoms with Crippen molar-refractivity contribution < 1.29 is 13.9 Å². The number of benzene rings is 1. The molecule has 0 saturated carbocycles. The van der Waals surface area contributed by atoms with Gasteiger partial charge in [0.05, 0.1) is 23.8 Å². The van der Waals surface area contributed by atoms with Crippen LogP contribution in [0.25, 0.3) is 11.3 Å². The Labute approximate surface area is 166 Å². The van der Waals surface area contributed by atoms with E-state index in [0.29, 0.717) is 29.9 Å². The fourth-order valence-electron chi connectivity index (χ4n) is 3.44. The van der Waals surface area contributed by atoms with Gasteiger partial charge in [0.15, 0.2) is 5.82 Å². The number of aryl methyl sites for hydroxylation is 1. The van der Waals surface area contributed by atoms with Gasteiger partial charge in [-0.1, -0.05) is 0 Å². The Morgan fingerprint density at radius 1 is 1.34 bits per heavy atom. The van der Waals surface area contributed by atoms with Gasteiger partial charge in [0.1, 0.15) is 11.9 Å². The van der Waals surface area contributed by atoms with Gasteiger partial charge in [-0.2, -0.15) is 5.10 Å². The number of H-pyrrole nitrogens is 1. The van der Waals surface area contributed by atoms with Crippen molar-refractivity contribution in [2.45, 2.75) is 32.8 Å². The third-order valence-electron chi connectivity index (χ3n) is 4.95. The predicted octanol–water partition coefficient (Wildman–Crippen LogP) is 3.16. The van der Waals surface area contributed by atoms with Gasteiger partial charge in [0, 0.05) is 29.8 Å². The number of halogens is 1. The second-order valence-corrected chi connectivity index (χ2v) is 6.97. The highest BCUT2D eigenvalue weighted by molar-refractivity contribution is 5.96. The van der Waals surface area contributed by atoms with E-state index in [9.17, 15) is 9.18 Å². The molecule has 4 rings (SSSR count). The second-order valence-electron chi connectivity index (χ2n) is 6.97. The van der Waals surface area contributed by atoms with Crippen LogP contribution in [0.3, 0.4) is 0 Å². The highest BCUT2D eigenvalue weighted by Crippen LogP contribution is 2.34. The van der Waals surface area contributed by atoms with Crippen molar-refractivity contribution in [1.82, 2.24) is 20.2 Å². The fourth-order valence-corrected chi connectivity index (χ4v) is 3.44. The Bertz CT molecular complexity index is 1070. The van der Waals surface area contributed by atoms with Crippen LogP contribution in [0, 0.1) is 12.7 Å². The molecule has 1 aliphatic rings. The van der Waals surface area contributed by atoms with Gasteiger partial charge in [0.25, 0.3) is 5.88 Å². The zero-order chi connectivity index (χ0) is 20.5. The number of hydrogen-bond acceptors (Lipinski definition) is 6. The van der Waals surface area contributed by atoms with E-state index in [2.05, 4.69) is 20.2 Å². The number of hydrogen-bond donors (Lipinski definition) is 2. The minimum atomic E-state index is -0.605. The van der Waals surface area contributed by atoms with Gasteiger partial charge in [-0.15, -0.1) is 0 Å². The number of aromatic nitrogens is 4. The van der Waals surface area contributed by atoms with E-state index in [0.717, 1.165) is 17.7 Å². The molecule has 8 nitrogen and oxygen atoms in total. The number of aromatic amines is 1. The largest absolute Gasteiger partial charge is 0.467 e. The number of nitrogens with zero attached hydrogens (tertiary/aromatic N) is 4. The summed E-state index contributed by atoms with van der Waals surface area (Å²) in [6, 6.07) is 4.32. The first-order valence-corrected chi connectivity index (χ1v) is 9.33. The van der Waals surface area contributed by atoms with Crippen LogP contribution in [0.15, 0.2) is 30.6 Å². The first kappa shape index (κ1) is 18.9. The molecule has 9 heteroatoms. The van der Waals surface area contributed by atoms with Gasteiger partial charge in [-0.25, -0.2) is 14.4 Å². The van der Waals surface area contributed by atoms with Crippen LogP contribution in [-0.4, -0.2) is 32.6 Å². The summed E-state index contributed by atoms with van der Waals surface area (Å²) in [5.74, 6) is -0.134. The summed E-state index contributed by atoms with van der Waals surface area (Å²) in [5, 5.41) is 6.84. The average Bonchev–Trinajstić information content (AvgIpc) is 3.31. The molecule has 1 amide bonds. The summed E-state index contributed by atoms with van der Waals surface area (Å²) in [4.78, 5) is 22.5. The summed E-state index contributed by atoms with van der Waals surface area (Å²) in [7, 11) is 0. The zero-order valence-electron chi connectivity index (χ0n) is 16.1. The first-order valence-electron chi connectivity index (χ1n) is 9.33. The zero-order valence-corrected chi connectivity index (χ0v) is 16.1. The van der Waals surface area contributed by atoms with E-state index in [1.807, 2.05) is 6.92 Å². The molecule has 0 bridgehead atoms. The maximum Gasteiger partial charge on any atom is 0.258 e. The number of ether oxygens (including phenoxy) is 1. The molecule has 150 valence electrons. The Hall–Kier alpha value is -3.49. The molecule has 3 aromatic rings. The molecule has 1 saturated heterocycles. The van der Waals surface area contributed by atoms with Crippen LogP contribution in [0.2, 0.25) is 0 Å². The fraction of sp³-hybridized carbons (Fsp3) is 0.300. The minimum absolute atomic E-state index is 0.0156. The molecule has 1 aromatic carbocycles. The lowest BCUT2D eigenvalue weighted by Crippen LogP contribution is -2.26. The molecular weight excluding hydrogens is 375 g/mol. The highest BCUT2D eigenvalue weighted by atomic mass is 19.1. The van der Waals surface area contributed by atoms with Crippen molar-refractivity contribution in [1.29, 1.82) is 0 Å². The number of carbonyl (C=O) groups is 1. The number of anilines is 2. The molecule has 1 unspecified atom stereocenters. The number of amides is 1. The SMILES string of the molecule is Cc1[nH]ncc1-c1cnc(N)c(OC(C)c2cc(F)ccc2N2CCCC2=O)n1. The van der Waals surface area contributed by atoms with Crippen LogP contribution in [0.1, 0.15) is 37.1 Å². The number of nitrogens with one attached hydrogen (secondary N) is 1. The Morgan fingerprint density at radius 2 is 2.17 bits per heavy atom. The van der Waals surface area contributed by atoms with E-state index in [1.165, 1.54) is 12.1 Å². The van der Waals surface area contributed by atoms with Crippen molar-refractivity contribution in [2.24, 2.45) is 0 Å². The smallest absolute Gasteiger partial charge is 0.258 e. The van der Waals surface area contributed by atoms with E-state index in [-0.39, 0.29) is 17.6 Å². The van der Waals surface area contributed by atoms with Crippen LogP contribution in [0.5, 0.6) is 5.88 Å². The Morgan fingerprint density at radius 3 is 2.86 bits per heavy atom. The second kappa shape index (κ2) is 7.50. The lowest BCUT2D eigenvalue weighted by atomic mass is 10.1. The van der Waals surface area contributed by atoms with E-state index in [4.69, 9.17) is 10.5 Å².